The maximum Gasteiger partial charge on any atom is 0.0408 e. The van der Waals surface area contributed by atoms with Gasteiger partial charge in [-0.3, -0.25) is 0 Å². The first-order valence-electron chi connectivity index (χ1n) is 6.33. The summed E-state index contributed by atoms with van der Waals surface area (Å²) in [6.07, 6.45) is 0. The number of hydrogen-bond acceptors (Lipinski definition) is 1. The third kappa shape index (κ3) is 3.50. The lowest BCUT2D eigenvalue weighted by Crippen LogP contribution is -2.20. The van der Waals surface area contributed by atoms with Crippen LogP contribution in [0.15, 0.2) is 48.5 Å². The minimum Gasteiger partial charge on any atom is -0.330 e. The molecule has 0 aliphatic heterocycles. The molecular formula is C16H17Cl2N. The second-order valence-electron chi connectivity index (χ2n) is 4.80. The molecule has 100 valence electrons. The summed E-state index contributed by atoms with van der Waals surface area (Å²) >= 11 is 12.2. The maximum atomic E-state index is 6.10. The van der Waals surface area contributed by atoms with Crippen LogP contribution in [-0.4, -0.2) is 6.54 Å². The third-order valence-electron chi connectivity index (χ3n) is 3.36. The summed E-state index contributed by atoms with van der Waals surface area (Å²) in [6.45, 7) is 2.76. The van der Waals surface area contributed by atoms with Crippen LogP contribution in [-0.2, 0) is 0 Å². The molecule has 3 heteroatoms. The van der Waals surface area contributed by atoms with Crippen molar-refractivity contribution >= 4 is 23.2 Å². The Morgan fingerprint density at radius 2 is 1.42 bits per heavy atom. The van der Waals surface area contributed by atoms with E-state index in [0.29, 0.717) is 12.5 Å². The highest BCUT2D eigenvalue weighted by molar-refractivity contribution is 6.31. The number of halogens is 2. The largest absolute Gasteiger partial charge is 0.330 e. The zero-order valence-corrected chi connectivity index (χ0v) is 12.3. The fourth-order valence-electron chi connectivity index (χ4n) is 2.39. The van der Waals surface area contributed by atoms with Crippen LogP contribution in [0.5, 0.6) is 0 Å². The Balaban J connectivity index is 2.47. The first-order valence-corrected chi connectivity index (χ1v) is 7.08. The molecule has 0 aliphatic rings. The van der Waals surface area contributed by atoms with Crippen LogP contribution in [0.4, 0.5) is 0 Å². The molecule has 2 aromatic rings. The van der Waals surface area contributed by atoms with Gasteiger partial charge in [0.15, 0.2) is 0 Å². The van der Waals surface area contributed by atoms with Crippen molar-refractivity contribution in [3.63, 3.8) is 0 Å². The van der Waals surface area contributed by atoms with E-state index in [1.165, 1.54) is 11.1 Å². The average Bonchev–Trinajstić information content (AvgIpc) is 2.39. The Bertz CT molecular complexity index is 508. The van der Waals surface area contributed by atoms with E-state index in [-0.39, 0.29) is 5.92 Å². The van der Waals surface area contributed by atoms with Gasteiger partial charge in [-0.15, -0.1) is 0 Å². The molecule has 0 aromatic heterocycles. The lowest BCUT2D eigenvalue weighted by molar-refractivity contribution is 0.524. The lowest BCUT2D eigenvalue weighted by atomic mass is 9.82. The van der Waals surface area contributed by atoms with Crippen molar-refractivity contribution < 1.29 is 0 Å². The monoisotopic (exact) mass is 293 g/mol. The first kappa shape index (κ1) is 14.4. The molecule has 19 heavy (non-hydrogen) atoms. The Hall–Kier alpha value is -1.02. The van der Waals surface area contributed by atoms with Crippen LogP contribution in [0.1, 0.15) is 24.0 Å². The topological polar surface area (TPSA) is 26.0 Å². The maximum absolute atomic E-state index is 6.10. The van der Waals surface area contributed by atoms with E-state index in [4.69, 9.17) is 28.9 Å². The summed E-state index contributed by atoms with van der Waals surface area (Å²) in [4.78, 5) is 0. The summed E-state index contributed by atoms with van der Waals surface area (Å²) < 4.78 is 0. The smallest absolute Gasteiger partial charge is 0.0408 e. The predicted octanol–water partition coefficient (Wildman–Crippen LogP) is 4.72. The molecule has 0 heterocycles. The minimum absolute atomic E-state index is 0.211. The molecule has 0 saturated heterocycles. The molecule has 0 radical (unpaired) electrons. The van der Waals surface area contributed by atoms with Crippen LogP contribution in [0, 0.1) is 5.92 Å². The summed E-state index contributed by atoms with van der Waals surface area (Å²) in [5, 5.41) is 1.49. The molecular weight excluding hydrogens is 277 g/mol. The molecule has 0 spiro atoms. The zero-order valence-electron chi connectivity index (χ0n) is 10.8. The van der Waals surface area contributed by atoms with Gasteiger partial charge in [0.2, 0.25) is 0 Å². The quantitative estimate of drug-likeness (QED) is 0.867. The van der Waals surface area contributed by atoms with E-state index < -0.39 is 0 Å². The van der Waals surface area contributed by atoms with Gasteiger partial charge in [0.25, 0.3) is 0 Å². The molecule has 0 unspecified atom stereocenters. The molecule has 2 rings (SSSR count). The van der Waals surface area contributed by atoms with Gasteiger partial charge in [-0.2, -0.15) is 0 Å². The third-order valence-corrected chi connectivity index (χ3v) is 3.83. The van der Waals surface area contributed by atoms with Crippen molar-refractivity contribution in [2.45, 2.75) is 12.8 Å². The van der Waals surface area contributed by atoms with Crippen molar-refractivity contribution in [2.24, 2.45) is 11.7 Å². The summed E-state index contributed by atoms with van der Waals surface area (Å²) in [6, 6.07) is 15.9. The van der Waals surface area contributed by atoms with Gasteiger partial charge in [0.05, 0.1) is 0 Å². The Kier molecular flexibility index (Phi) is 4.87. The van der Waals surface area contributed by atoms with Gasteiger partial charge >= 0.3 is 0 Å². The van der Waals surface area contributed by atoms with Crippen molar-refractivity contribution in [3.8, 4) is 0 Å². The fraction of sp³-hybridized carbons (Fsp3) is 0.250. The highest BCUT2D eigenvalue weighted by Gasteiger charge is 2.20. The van der Waals surface area contributed by atoms with E-state index in [1.807, 2.05) is 36.4 Å². The van der Waals surface area contributed by atoms with Crippen LogP contribution in [0.2, 0.25) is 10.0 Å². The Morgan fingerprint density at radius 3 is 1.79 bits per heavy atom. The van der Waals surface area contributed by atoms with Gasteiger partial charge in [-0.25, -0.2) is 0 Å². The number of rotatable bonds is 4. The number of nitrogens with two attached hydrogens (primary N) is 1. The van der Waals surface area contributed by atoms with E-state index in [1.54, 1.807) is 0 Å². The molecule has 0 bridgehead atoms. The molecule has 2 aromatic carbocycles. The predicted molar refractivity (Wildman–Crippen MR) is 83.0 cm³/mol. The van der Waals surface area contributed by atoms with Crippen LogP contribution in [0.25, 0.3) is 0 Å². The summed E-state index contributed by atoms with van der Waals surface area (Å²) in [5.74, 6) is 0.527. The van der Waals surface area contributed by atoms with E-state index in [2.05, 4.69) is 19.1 Å². The van der Waals surface area contributed by atoms with E-state index in [9.17, 15) is 0 Å². The number of hydrogen-bond donors (Lipinski definition) is 1. The summed E-state index contributed by atoms with van der Waals surface area (Å²) in [7, 11) is 0. The van der Waals surface area contributed by atoms with Crippen LogP contribution >= 0.6 is 23.2 Å². The van der Waals surface area contributed by atoms with Gasteiger partial charge < -0.3 is 5.73 Å². The van der Waals surface area contributed by atoms with Crippen LogP contribution < -0.4 is 5.73 Å². The van der Waals surface area contributed by atoms with Gasteiger partial charge in [-0.05, 0) is 47.9 Å². The average molecular weight is 294 g/mol. The van der Waals surface area contributed by atoms with Crippen molar-refractivity contribution in [1.82, 2.24) is 0 Å². The molecule has 0 saturated carbocycles. The summed E-state index contributed by atoms with van der Waals surface area (Å²) in [5.41, 5.74) is 8.21. The molecule has 1 nitrogen and oxygen atoms in total. The Morgan fingerprint density at radius 1 is 0.947 bits per heavy atom. The SMILES string of the molecule is C[C@H](CN)C(c1cccc(Cl)c1)c1cccc(Cl)c1. The molecule has 0 amide bonds. The van der Waals surface area contributed by atoms with E-state index in [0.717, 1.165) is 10.0 Å². The highest BCUT2D eigenvalue weighted by Crippen LogP contribution is 2.33. The lowest BCUT2D eigenvalue weighted by Gasteiger charge is -2.24. The van der Waals surface area contributed by atoms with Crippen molar-refractivity contribution in [2.75, 3.05) is 6.54 Å². The molecule has 0 aliphatic carbocycles. The van der Waals surface area contributed by atoms with Crippen molar-refractivity contribution in [3.05, 3.63) is 69.7 Å². The molecule has 0 fully saturated rings. The normalized spacial score (nSPS) is 12.7. The van der Waals surface area contributed by atoms with Crippen molar-refractivity contribution in [1.29, 1.82) is 0 Å². The molecule has 2 N–H and O–H groups in total. The molecule has 1 atom stereocenters. The zero-order chi connectivity index (χ0) is 13.8. The second-order valence-corrected chi connectivity index (χ2v) is 5.67. The standard InChI is InChI=1S/C16H17Cl2N/c1-11(10-19)16(12-4-2-6-14(17)8-12)13-5-3-7-15(18)9-13/h2-9,11,16H,10,19H2,1H3/t11-/m1/s1. The number of benzene rings is 2. The first-order chi connectivity index (χ1) is 9.11. The Labute approximate surface area is 124 Å². The van der Waals surface area contributed by atoms with Gasteiger partial charge in [0.1, 0.15) is 0 Å². The van der Waals surface area contributed by atoms with Crippen LogP contribution in [0.3, 0.4) is 0 Å². The van der Waals surface area contributed by atoms with E-state index >= 15 is 0 Å². The van der Waals surface area contributed by atoms with Gasteiger partial charge in [-0.1, -0.05) is 54.4 Å². The highest BCUT2D eigenvalue weighted by atomic mass is 35.5. The van der Waals surface area contributed by atoms with Gasteiger partial charge in [0, 0.05) is 16.0 Å². The second kappa shape index (κ2) is 6.42. The minimum atomic E-state index is 0.211. The fourth-order valence-corrected chi connectivity index (χ4v) is 2.78.